The quantitative estimate of drug-likeness (QED) is 0.0720. The number of esters is 2. The summed E-state index contributed by atoms with van der Waals surface area (Å²) in [6, 6.07) is 0. The number of rotatable bonds is 22. The molecule has 186 valence electrons. The van der Waals surface area contributed by atoms with Crippen LogP contribution in [-0.4, -0.2) is 18.5 Å². The van der Waals surface area contributed by atoms with E-state index in [1.807, 2.05) is 13.8 Å². The van der Waals surface area contributed by atoms with Crippen LogP contribution in [-0.2, 0) is 19.1 Å². The van der Waals surface area contributed by atoms with Crippen LogP contribution in [0.4, 0.5) is 0 Å². The van der Waals surface area contributed by atoms with Gasteiger partial charge in [-0.3, -0.25) is 9.59 Å². The Morgan fingerprint density at radius 3 is 1.72 bits per heavy atom. The van der Waals surface area contributed by atoms with Crippen LogP contribution in [0.5, 0.6) is 0 Å². The fraction of sp³-hybridized carbons (Fsp3) is 0.786. The zero-order valence-corrected chi connectivity index (χ0v) is 21.3. The molecule has 1 atom stereocenters. The Morgan fingerprint density at radius 2 is 1.28 bits per heavy atom. The van der Waals surface area contributed by atoms with Crippen LogP contribution in [0.2, 0.25) is 0 Å². The van der Waals surface area contributed by atoms with Gasteiger partial charge in [-0.05, 0) is 26.7 Å². The molecule has 0 aliphatic rings. The van der Waals surface area contributed by atoms with E-state index < -0.39 is 5.41 Å². The molecule has 0 bridgehead atoms. The number of hydrogen-bond acceptors (Lipinski definition) is 4. The normalized spacial score (nSPS) is 12.2. The van der Waals surface area contributed by atoms with Gasteiger partial charge in [0, 0.05) is 0 Å². The highest BCUT2D eigenvalue weighted by molar-refractivity contribution is 5.78. The zero-order chi connectivity index (χ0) is 24.1. The van der Waals surface area contributed by atoms with Crippen LogP contribution in [0.25, 0.3) is 0 Å². The second kappa shape index (κ2) is 20.1. The van der Waals surface area contributed by atoms with Crippen LogP contribution >= 0.6 is 0 Å². The van der Waals surface area contributed by atoms with Gasteiger partial charge in [0.05, 0.1) is 17.6 Å². The van der Waals surface area contributed by atoms with E-state index in [0.717, 1.165) is 19.3 Å². The largest absolute Gasteiger partial charge is 0.461 e. The standard InChI is InChI=1S/C28H50O4/c1-6-9-10-11-12-13-14-15-16-17-18-19-20-21-22-25(26(29)31-8-3)24-28(4,5)27(30)32-23-7-2/h7-8,25H,2-3,6,9-24H2,1,4-5H3. The van der Waals surface area contributed by atoms with Crippen LogP contribution < -0.4 is 0 Å². The van der Waals surface area contributed by atoms with Gasteiger partial charge >= 0.3 is 11.9 Å². The minimum Gasteiger partial charge on any atom is -0.461 e. The summed E-state index contributed by atoms with van der Waals surface area (Å²) in [5, 5.41) is 0. The minimum absolute atomic E-state index is 0.184. The number of ether oxygens (including phenoxy) is 2. The van der Waals surface area contributed by atoms with E-state index in [-0.39, 0.29) is 24.5 Å². The van der Waals surface area contributed by atoms with Gasteiger partial charge < -0.3 is 9.47 Å². The van der Waals surface area contributed by atoms with Gasteiger partial charge in [-0.25, -0.2) is 0 Å². The first-order valence-corrected chi connectivity index (χ1v) is 13.0. The van der Waals surface area contributed by atoms with E-state index in [1.54, 1.807) is 6.08 Å². The summed E-state index contributed by atoms with van der Waals surface area (Å²) in [5.41, 5.74) is -0.746. The van der Waals surface area contributed by atoms with Gasteiger partial charge in [-0.2, -0.15) is 0 Å². The molecule has 0 aliphatic carbocycles. The van der Waals surface area contributed by atoms with Gasteiger partial charge in [-0.15, -0.1) is 0 Å². The van der Waals surface area contributed by atoms with Crippen molar-refractivity contribution in [1.82, 2.24) is 0 Å². The van der Waals surface area contributed by atoms with E-state index in [2.05, 4.69) is 20.1 Å². The Bertz CT molecular complexity index is 510. The molecule has 32 heavy (non-hydrogen) atoms. The first-order valence-electron chi connectivity index (χ1n) is 13.0. The first-order chi connectivity index (χ1) is 15.4. The molecular formula is C28H50O4. The summed E-state index contributed by atoms with van der Waals surface area (Å²) in [4.78, 5) is 24.7. The third-order valence-corrected chi connectivity index (χ3v) is 6.08. The predicted octanol–water partition coefficient (Wildman–Crippen LogP) is 8.31. The van der Waals surface area contributed by atoms with E-state index in [0.29, 0.717) is 6.42 Å². The lowest BCUT2D eigenvalue weighted by molar-refractivity contribution is -0.155. The number of hydrogen-bond donors (Lipinski definition) is 0. The highest BCUT2D eigenvalue weighted by atomic mass is 16.5. The van der Waals surface area contributed by atoms with Gasteiger partial charge in [0.2, 0.25) is 0 Å². The molecule has 4 nitrogen and oxygen atoms in total. The summed E-state index contributed by atoms with van der Waals surface area (Å²) in [6.45, 7) is 13.1. The average molecular weight is 451 g/mol. The molecular weight excluding hydrogens is 400 g/mol. The van der Waals surface area contributed by atoms with Crippen LogP contribution in [0, 0.1) is 11.3 Å². The zero-order valence-electron chi connectivity index (χ0n) is 21.3. The van der Waals surface area contributed by atoms with Gasteiger partial charge in [0.15, 0.2) is 0 Å². The molecule has 0 aromatic carbocycles. The fourth-order valence-corrected chi connectivity index (χ4v) is 4.10. The molecule has 0 N–H and O–H groups in total. The monoisotopic (exact) mass is 450 g/mol. The molecule has 0 spiro atoms. The molecule has 1 unspecified atom stereocenters. The van der Waals surface area contributed by atoms with Crippen LogP contribution in [0.1, 0.15) is 124 Å². The Hall–Kier alpha value is -1.58. The maximum absolute atomic E-state index is 12.4. The molecule has 0 aliphatic heterocycles. The lowest BCUT2D eigenvalue weighted by Gasteiger charge is -2.26. The van der Waals surface area contributed by atoms with Gasteiger partial charge in [0.1, 0.15) is 6.61 Å². The SMILES string of the molecule is C=CCOC(=O)C(C)(C)CC(CCCCCCCCCCCCCCCC)C(=O)OC=C. The van der Waals surface area contributed by atoms with Crippen molar-refractivity contribution >= 4 is 11.9 Å². The number of carbonyl (C=O) groups excluding carboxylic acids is 2. The summed E-state index contributed by atoms with van der Waals surface area (Å²) in [7, 11) is 0. The molecule has 0 saturated heterocycles. The average Bonchev–Trinajstić information content (AvgIpc) is 2.76. The summed E-state index contributed by atoms with van der Waals surface area (Å²) < 4.78 is 10.2. The summed E-state index contributed by atoms with van der Waals surface area (Å²) in [6.07, 6.45) is 22.1. The second-order valence-corrected chi connectivity index (χ2v) is 9.66. The summed E-state index contributed by atoms with van der Waals surface area (Å²) in [5.74, 6) is -0.939. The Labute approximate surface area is 198 Å². The van der Waals surface area contributed by atoms with Crippen molar-refractivity contribution in [2.24, 2.45) is 11.3 Å². The van der Waals surface area contributed by atoms with Gasteiger partial charge in [-0.1, -0.05) is 116 Å². The first kappa shape index (κ1) is 30.4. The lowest BCUT2D eigenvalue weighted by atomic mass is 9.80. The maximum atomic E-state index is 12.4. The van der Waals surface area contributed by atoms with E-state index in [1.165, 1.54) is 83.3 Å². The number of unbranched alkanes of at least 4 members (excludes halogenated alkanes) is 13. The van der Waals surface area contributed by atoms with Gasteiger partial charge in [0.25, 0.3) is 0 Å². The van der Waals surface area contributed by atoms with Crippen LogP contribution in [0.3, 0.4) is 0 Å². The van der Waals surface area contributed by atoms with Crippen molar-refractivity contribution in [3.05, 3.63) is 25.5 Å². The molecule has 0 rings (SSSR count). The van der Waals surface area contributed by atoms with Crippen LogP contribution in [0.15, 0.2) is 25.5 Å². The third kappa shape index (κ3) is 16.1. The predicted molar refractivity (Wildman–Crippen MR) is 134 cm³/mol. The van der Waals surface area contributed by atoms with Crippen molar-refractivity contribution in [2.75, 3.05) is 6.61 Å². The highest BCUT2D eigenvalue weighted by Gasteiger charge is 2.35. The van der Waals surface area contributed by atoms with Crippen molar-refractivity contribution < 1.29 is 19.1 Å². The Morgan fingerprint density at radius 1 is 0.812 bits per heavy atom. The fourth-order valence-electron chi connectivity index (χ4n) is 4.10. The molecule has 0 radical (unpaired) electrons. The topological polar surface area (TPSA) is 52.6 Å². The minimum atomic E-state index is -0.746. The molecule has 0 fully saturated rings. The van der Waals surface area contributed by atoms with E-state index >= 15 is 0 Å². The lowest BCUT2D eigenvalue weighted by Crippen LogP contribution is -2.32. The maximum Gasteiger partial charge on any atom is 0.313 e. The molecule has 0 heterocycles. The van der Waals surface area contributed by atoms with E-state index in [4.69, 9.17) is 9.47 Å². The van der Waals surface area contributed by atoms with Crippen molar-refractivity contribution in [1.29, 1.82) is 0 Å². The molecule has 0 aromatic heterocycles. The van der Waals surface area contributed by atoms with E-state index in [9.17, 15) is 9.59 Å². The molecule has 0 aromatic rings. The molecule has 4 heteroatoms. The van der Waals surface area contributed by atoms with Crippen molar-refractivity contribution in [3.63, 3.8) is 0 Å². The number of carbonyl (C=O) groups is 2. The second-order valence-electron chi connectivity index (χ2n) is 9.66. The Kier molecular flexibility index (Phi) is 19.1. The third-order valence-electron chi connectivity index (χ3n) is 6.08. The highest BCUT2D eigenvalue weighted by Crippen LogP contribution is 2.31. The Balaban J connectivity index is 4.03. The smallest absolute Gasteiger partial charge is 0.313 e. The van der Waals surface area contributed by atoms with Crippen molar-refractivity contribution in [3.8, 4) is 0 Å². The molecule has 0 amide bonds. The van der Waals surface area contributed by atoms with Crippen molar-refractivity contribution in [2.45, 2.75) is 124 Å². The molecule has 0 saturated carbocycles. The summed E-state index contributed by atoms with van der Waals surface area (Å²) >= 11 is 0.